The molecular weight excluding hydrogens is 310 g/mol. The van der Waals surface area contributed by atoms with Crippen molar-refractivity contribution in [1.29, 1.82) is 0 Å². The summed E-state index contributed by atoms with van der Waals surface area (Å²) < 4.78 is 0.737. The number of hydrogen-bond acceptors (Lipinski definition) is 4. The maximum Gasteiger partial charge on any atom is 0.257 e. The number of anilines is 1. The molecule has 0 spiro atoms. The minimum absolute atomic E-state index is 0.0860. The van der Waals surface area contributed by atoms with Crippen LogP contribution in [0.2, 0.25) is 0 Å². The van der Waals surface area contributed by atoms with E-state index in [-0.39, 0.29) is 24.4 Å². The molecule has 1 saturated carbocycles. The molecule has 0 atom stereocenters. The lowest BCUT2D eigenvalue weighted by Gasteiger charge is -2.37. The molecule has 0 bridgehead atoms. The molecule has 5 nitrogen and oxygen atoms in total. The average molecular weight is 328 g/mol. The molecule has 1 aliphatic carbocycles. The van der Waals surface area contributed by atoms with E-state index in [0.717, 1.165) is 23.7 Å². The van der Waals surface area contributed by atoms with Crippen LogP contribution in [0.15, 0.2) is 16.7 Å². The fourth-order valence-electron chi connectivity index (χ4n) is 2.17. The molecule has 1 amide bonds. The first-order chi connectivity index (χ1) is 9.13. The Balaban J connectivity index is 2.19. The van der Waals surface area contributed by atoms with Gasteiger partial charge in [0, 0.05) is 29.9 Å². The predicted octanol–water partition coefficient (Wildman–Crippen LogP) is 1.80. The van der Waals surface area contributed by atoms with Crippen LogP contribution < -0.4 is 5.73 Å². The highest BCUT2D eigenvalue weighted by molar-refractivity contribution is 9.10. The summed E-state index contributed by atoms with van der Waals surface area (Å²) in [5.74, 6) is 0.158. The highest BCUT2D eigenvalue weighted by Gasteiger charge is 2.30. The van der Waals surface area contributed by atoms with Crippen molar-refractivity contribution in [3.05, 3.63) is 22.3 Å². The first-order valence-corrected chi connectivity index (χ1v) is 7.25. The number of carbonyl (C=O) groups is 1. The molecule has 0 aliphatic heterocycles. The molecule has 104 valence electrons. The van der Waals surface area contributed by atoms with Gasteiger partial charge in [-0.25, -0.2) is 4.98 Å². The number of pyridine rings is 1. The Bertz CT molecular complexity index is 463. The highest BCUT2D eigenvalue weighted by Crippen LogP contribution is 2.27. The molecule has 1 aromatic rings. The average Bonchev–Trinajstić information content (AvgIpc) is 2.34. The summed E-state index contributed by atoms with van der Waals surface area (Å²) in [5, 5.41) is 8.96. The van der Waals surface area contributed by atoms with Crippen LogP contribution in [0.4, 0.5) is 5.82 Å². The Kier molecular flexibility index (Phi) is 4.76. The van der Waals surface area contributed by atoms with Gasteiger partial charge in [0.15, 0.2) is 0 Å². The number of rotatable bonds is 5. The Labute approximate surface area is 120 Å². The van der Waals surface area contributed by atoms with Crippen LogP contribution in [-0.2, 0) is 0 Å². The molecule has 0 aromatic carbocycles. The second-order valence-corrected chi connectivity index (χ2v) is 5.66. The van der Waals surface area contributed by atoms with Crippen molar-refractivity contribution < 1.29 is 9.90 Å². The van der Waals surface area contributed by atoms with Crippen molar-refractivity contribution in [2.24, 2.45) is 0 Å². The van der Waals surface area contributed by atoms with Gasteiger partial charge in [-0.15, -0.1) is 0 Å². The summed E-state index contributed by atoms with van der Waals surface area (Å²) in [4.78, 5) is 18.4. The number of aliphatic hydroxyl groups is 1. The fraction of sp³-hybridized carbons (Fsp3) is 0.538. The monoisotopic (exact) mass is 327 g/mol. The van der Waals surface area contributed by atoms with E-state index in [2.05, 4.69) is 20.9 Å². The molecule has 1 fully saturated rings. The van der Waals surface area contributed by atoms with Gasteiger partial charge in [-0.1, -0.05) is 0 Å². The Morgan fingerprint density at radius 1 is 1.58 bits per heavy atom. The lowest BCUT2D eigenvalue weighted by Crippen LogP contribution is -2.45. The van der Waals surface area contributed by atoms with Gasteiger partial charge in [0.25, 0.3) is 5.91 Å². The minimum atomic E-state index is -0.0931. The van der Waals surface area contributed by atoms with E-state index in [1.54, 1.807) is 12.3 Å². The van der Waals surface area contributed by atoms with Crippen molar-refractivity contribution in [3.8, 4) is 0 Å². The van der Waals surface area contributed by atoms with Crippen molar-refractivity contribution in [3.63, 3.8) is 0 Å². The molecule has 0 unspecified atom stereocenters. The zero-order valence-corrected chi connectivity index (χ0v) is 12.3. The molecule has 0 radical (unpaired) electrons. The molecule has 3 N–H and O–H groups in total. The van der Waals surface area contributed by atoms with Gasteiger partial charge in [-0.2, -0.15) is 0 Å². The first kappa shape index (κ1) is 14.3. The summed E-state index contributed by atoms with van der Waals surface area (Å²) in [6, 6.07) is 1.98. The van der Waals surface area contributed by atoms with E-state index in [0.29, 0.717) is 18.5 Å². The van der Waals surface area contributed by atoms with Gasteiger partial charge >= 0.3 is 0 Å². The summed E-state index contributed by atoms with van der Waals surface area (Å²) in [5.41, 5.74) is 6.22. The molecule has 2 rings (SSSR count). The van der Waals surface area contributed by atoms with E-state index in [4.69, 9.17) is 10.8 Å². The first-order valence-electron chi connectivity index (χ1n) is 6.46. The van der Waals surface area contributed by atoms with E-state index in [1.807, 2.05) is 4.90 Å². The predicted molar refractivity (Wildman–Crippen MR) is 76.7 cm³/mol. The fourth-order valence-corrected chi connectivity index (χ4v) is 2.50. The van der Waals surface area contributed by atoms with Crippen molar-refractivity contribution in [1.82, 2.24) is 9.88 Å². The number of aromatic nitrogens is 1. The second kappa shape index (κ2) is 6.34. The molecule has 6 heteroatoms. The number of halogens is 1. The molecule has 0 saturated heterocycles. The maximum absolute atomic E-state index is 12.6. The number of aliphatic hydroxyl groups excluding tert-OH is 1. The van der Waals surface area contributed by atoms with Crippen molar-refractivity contribution >= 4 is 27.7 Å². The number of carbonyl (C=O) groups excluding carboxylic acids is 1. The molecule has 1 heterocycles. The summed E-state index contributed by atoms with van der Waals surface area (Å²) in [6.45, 7) is 0.647. The minimum Gasteiger partial charge on any atom is -0.396 e. The third-order valence-corrected chi connectivity index (χ3v) is 3.88. The molecule has 19 heavy (non-hydrogen) atoms. The molecule has 1 aliphatic rings. The van der Waals surface area contributed by atoms with Crippen LogP contribution in [0.5, 0.6) is 0 Å². The number of nitrogens with zero attached hydrogens (tertiary/aromatic N) is 2. The summed E-state index contributed by atoms with van der Waals surface area (Å²) in [7, 11) is 0. The van der Waals surface area contributed by atoms with E-state index < -0.39 is 0 Å². The Morgan fingerprint density at radius 3 is 2.89 bits per heavy atom. The largest absolute Gasteiger partial charge is 0.396 e. The maximum atomic E-state index is 12.6. The summed E-state index contributed by atoms with van der Waals surface area (Å²) >= 11 is 3.31. The lowest BCUT2D eigenvalue weighted by molar-refractivity contribution is 0.0563. The van der Waals surface area contributed by atoms with Gasteiger partial charge < -0.3 is 15.7 Å². The van der Waals surface area contributed by atoms with E-state index >= 15 is 0 Å². The third-order valence-electron chi connectivity index (χ3n) is 3.45. The normalized spacial score (nSPS) is 15.1. The van der Waals surface area contributed by atoms with E-state index in [1.165, 1.54) is 0 Å². The highest BCUT2D eigenvalue weighted by atomic mass is 79.9. The number of nitrogens with two attached hydrogens (primary N) is 1. The van der Waals surface area contributed by atoms with Crippen LogP contribution >= 0.6 is 15.9 Å². The van der Waals surface area contributed by atoms with E-state index in [9.17, 15) is 4.79 Å². The van der Waals surface area contributed by atoms with Gasteiger partial charge in [-0.3, -0.25) is 4.79 Å². The van der Waals surface area contributed by atoms with Gasteiger partial charge in [0.2, 0.25) is 0 Å². The summed E-state index contributed by atoms with van der Waals surface area (Å²) in [6.07, 6.45) is 5.37. The van der Waals surface area contributed by atoms with Crippen molar-refractivity contribution in [2.45, 2.75) is 31.7 Å². The van der Waals surface area contributed by atoms with Crippen LogP contribution in [0.1, 0.15) is 36.0 Å². The van der Waals surface area contributed by atoms with Crippen LogP contribution in [0.3, 0.4) is 0 Å². The molecular formula is C13H18BrN3O2. The van der Waals surface area contributed by atoms with Crippen LogP contribution in [-0.4, -0.2) is 40.1 Å². The standard InChI is InChI=1S/C13H18BrN3O2/c14-9-7-11(12(15)16-8-9)13(19)17(5-2-6-18)10-3-1-4-10/h7-8,10,18H,1-6H2,(H2,15,16). The number of nitrogen functional groups attached to an aromatic ring is 1. The smallest absolute Gasteiger partial charge is 0.257 e. The van der Waals surface area contributed by atoms with Crippen LogP contribution in [0.25, 0.3) is 0 Å². The van der Waals surface area contributed by atoms with Crippen LogP contribution in [0, 0.1) is 0 Å². The molecule has 1 aromatic heterocycles. The van der Waals surface area contributed by atoms with Crippen molar-refractivity contribution in [2.75, 3.05) is 18.9 Å². The number of hydrogen-bond donors (Lipinski definition) is 2. The SMILES string of the molecule is Nc1ncc(Br)cc1C(=O)N(CCCO)C1CCC1. The van der Waals surface area contributed by atoms with Gasteiger partial charge in [0.05, 0.1) is 5.56 Å². The third kappa shape index (κ3) is 3.25. The van der Waals surface area contributed by atoms with Gasteiger partial charge in [0.1, 0.15) is 5.82 Å². The number of amides is 1. The Hall–Kier alpha value is -1.14. The zero-order chi connectivity index (χ0) is 13.8. The topological polar surface area (TPSA) is 79.5 Å². The second-order valence-electron chi connectivity index (χ2n) is 4.75. The quantitative estimate of drug-likeness (QED) is 0.864. The Morgan fingerprint density at radius 2 is 2.32 bits per heavy atom. The lowest BCUT2D eigenvalue weighted by atomic mass is 9.91. The zero-order valence-electron chi connectivity index (χ0n) is 10.7. The van der Waals surface area contributed by atoms with Gasteiger partial charge in [-0.05, 0) is 47.7 Å².